The molecule has 0 aromatic heterocycles. The molecule has 2 saturated carbocycles. The van der Waals surface area contributed by atoms with Gasteiger partial charge in [-0.3, -0.25) is 4.79 Å². The summed E-state index contributed by atoms with van der Waals surface area (Å²) in [6.45, 7) is 4.05. The summed E-state index contributed by atoms with van der Waals surface area (Å²) in [7, 11) is 0. The van der Waals surface area contributed by atoms with Crippen LogP contribution in [0.25, 0.3) is 0 Å². The van der Waals surface area contributed by atoms with Crippen molar-refractivity contribution in [3.63, 3.8) is 0 Å². The standard InChI is InChI=1S/C12H21NO2/c1-7(2)12(15)13-11-9-4-3-8(5-9)10(11)6-14/h7-11,14H,3-6H2,1-2H3,(H,13,15). The molecule has 2 fully saturated rings. The Hall–Kier alpha value is -0.570. The van der Waals surface area contributed by atoms with Crippen molar-refractivity contribution in [3.8, 4) is 0 Å². The molecule has 4 unspecified atom stereocenters. The fourth-order valence-corrected chi connectivity index (χ4v) is 3.23. The zero-order valence-electron chi connectivity index (χ0n) is 9.57. The lowest BCUT2D eigenvalue weighted by Gasteiger charge is -2.31. The van der Waals surface area contributed by atoms with Crippen LogP contribution in [0.1, 0.15) is 33.1 Å². The molecular formula is C12H21NO2. The smallest absolute Gasteiger partial charge is 0.222 e. The number of carbonyl (C=O) groups is 1. The minimum atomic E-state index is 0.0449. The first-order chi connectivity index (χ1) is 7.13. The van der Waals surface area contributed by atoms with Crippen molar-refractivity contribution in [1.82, 2.24) is 5.32 Å². The number of carbonyl (C=O) groups excluding carboxylic acids is 1. The van der Waals surface area contributed by atoms with Crippen LogP contribution in [0.15, 0.2) is 0 Å². The van der Waals surface area contributed by atoms with E-state index in [2.05, 4.69) is 5.32 Å². The number of hydrogen-bond donors (Lipinski definition) is 2. The highest BCUT2D eigenvalue weighted by Crippen LogP contribution is 2.48. The van der Waals surface area contributed by atoms with Gasteiger partial charge in [0.15, 0.2) is 0 Å². The Morgan fingerprint density at radius 2 is 2.07 bits per heavy atom. The van der Waals surface area contributed by atoms with Crippen LogP contribution in [-0.4, -0.2) is 23.7 Å². The van der Waals surface area contributed by atoms with Crippen LogP contribution < -0.4 is 5.32 Å². The Morgan fingerprint density at radius 1 is 1.40 bits per heavy atom. The molecule has 3 heteroatoms. The van der Waals surface area contributed by atoms with E-state index in [0.717, 1.165) is 0 Å². The van der Waals surface area contributed by atoms with Gasteiger partial charge < -0.3 is 10.4 Å². The van der Waals surface area contributed by atoms with Gasteiger partial charge in [0.25, 0.3) is 0 Å². The summed E-state index contributed by atoms with van der Waals surface area (Å²) in [4.78, 5) is 11.6. The van der Waals surface area contributed by atoms with Crippen molar-refractivity contribution in [3.05, 3.63) is 0 Å². The van der Waals surface area contributed by atoms with Gasteiger partial charge in [-0.2, -0.15) is 0 Å². The number of aliphatic hydroxyl groups excluding tert-OH is 1. The minimum Gasteiger partial charge on any atom is -0.396 e. The van der Waals surface area contributed by atoms with Crippen LogP contribution in [0.2, 0.25) is 0 Å². The molecule has 0 aromatic carbocycles. The van der Waals surface area contributed by atoms with Gasteiger partial charge in [-0.1, -0.05) is 13.8 Å². The summed E-state index contributed by atoms with van der Waals surface area (Å²) in [5, 5.41) is 12.5. The molecule has 0 spiro atoms. The van der Waals surface area contributed by atoms with E-state index < -0.39 is 0 Å². The Bertz CT molecular complexity index is 252. The van der Waals surface area contributed by atoms with Gasteiger partial charge in [-0.25, -0.2) is 0 Å². The lowest BCUT2D eigenvalue weighted by molar-refractivity contribution is -0.125. The van der Waals surface area contributed by atoms with Crippen molar-refractivity contribution in [2.75, 3.05) is 6.61 Å². The highest BCUT2D eigenvalue weighted by molar-refractivity contribution is 5.78. The third-order valence-corrected chi connectivity index (χ3v) is 4.13. The third-order valence-electron chi connectivity index (χ3n) is 4.13. The van der Waals surface area contributed by atoms with Crippen molar-refractivity contribution in [2.24, 2.45) is 23.7 Å². The summed E-state index contributed by atoms with van der Waals surface area (Å²) in [5.41, 5.74) is 0. The number of amides is 1. The number of aliphatic hydroxyl groups is 1. The zero-order valence-corrected chi connectivity index (χ0v) is 9.57. The highest BCUT2D eigenvalue weighted by atomic mass is 16.3. The first-order valence-corrected chi connectivity index (χ1v) is 6.04. The van der Waals surface area contributed by atoms with Crippen LogP contribution in [0, 0.1) is 23.7 Å². The molecule has 0 aliphatic heterocycles. The van der Waals surface area contributed by atoms with Gasteiger partial charge in [0.2, 0.25) is 5.91 Å². The zero-order chi connectivity index (χ0) is 11.0. The predicted octanol–water partition coefficient (Wildman–Crippen LogP) is 1.17. The fraction of sp³-hybridized carbons (Fsp3) is 0.917. The van der Waals surface area contributed by atoms with Gasteiger partial charge >= 0.3 is 0 Å². The lowest BCUT2D eigenvalue weighted by atomic mass is 9.85. The third kappa shape index (κ3) is 1.89. The van der Waals surface area contributed by atoms with E-state index in [9.17, 15) is 9.90 Å². The van der Waals surface area contributed by atoms with Gasteiger partial charge in [0.1, 0.15) is 0 Å². The van der Waals surface area contributed by atoms with Crippen molar-refractivity contribution in [2.45, 2.75) is 39.2 Å². The molecule has 2 rings (SSSR count). The van der Waals surface area contributed by atoms with Crippen molar-refractivity contribution < 1.29 is 9.90 Å². The fourth-order valence-electron chi connectivity index (χ4n) is 3.23. The average Bonchev–Trinajstić information content (AvgIpc) is 2.77. The SMILES string of the molecule is CC(C)C(=O)NC1C2CCC(C2)C1CO. The Kier molecular flexibility index (Phi) is 3.01. The average molecular weight is 211 g/mol. The molecule has 2 N–H and O–H groups in total. The summed E-state index contributed by atoms with van der Waals surface area (Å²) in [5.74, 6) is 1.76. The largest absolute Gasteiger partial charge is 0.396 e. The topological polar surface area (TPSA) is 49.3 Å². The summed E-state index contributed by atoms with van der Waals surface area (Å²) >= 11 is 0. The Balaban J connectivity index is 1.99. The molecule has 1 amide bonds. The van der Waals surface area contributed by atoms with Crippen LogP contribution in [0.3, 0.4) is 0 Å². The van der Waals surface area contributed by atoms with E-state index in [0.29, 0.717) is 17.8 Å². The molecule has 15 heavy (non-hydrogen) atoms. The minimum absolute atomic E-state index is 0.0449. The van der Waals surface area contributed by atoms with E-state index >= 15 is 0 Å². The quantitative estimate of drug-likeness (QED) is 0.736. The second-order valence-corrected chi connectivity index (χ2v) is 5.37. The summed E-state index contributed by atoms with van der Waals surface area (Å²) < 4.78 is 0. The van der Waals surface area contributed by atoms with E-state index in [1.165, 1.54) is 19.3 Å². The van der Waals surface area contributed by atoms with E-state index in [4.69, 9.17) is 0 Å². The first kappa shape index (κ1) is 10.9. The number of nitrogens with one attached hydrogen (secondary N) is 1. The van der Waals surface area contributed by atoms with E-state index in [-0.39, 0.29) is 24.5 Å². The van der Waals surface area contributed by atoms with Crippen LogP contribution in [0.4, 0.5) is 0 Å². The van der Waals surface area contributed by atoms with Crippen LogP contribution in [-0.2, 0) is 4.79 Å². The van der Waals surface area contributed by atoms with Crippen LogP contribution >= 0.6 is 0 Å². The number of hydrogen-bond acceptors (Lipinski definition) is 2. The molecule has 3 nitrogen and oxygen atoms in total. The molecule has 2 bridgehead atoms. The predicted molar refractivity (Wildman–Crippen MR) is 58.2 cm³/mol. The number of rotatable bonds is 3. The van der Waals surface area contributed by atoms with Crippen molar-refractivity contribution in [1.29, 1.82) is 0 Å². The monoisotopic (exact) mass is 211 g/mol. The van der Waals surface area contributed by atoms with Crippen LogP contribution in [0.5, 0.6) is 0 Å². The lowest BCUT2D eigenvalue weighted by Crippen LogP contribution is -2.46. The normalized spacial score (nSPS) is 38.7. The second kappa shape index (κ2) is 4.12. The molecule has 2 aliphatic rings. The first-order valence-electron chi connectivity index (χ1n) is 6.04. The van der Waals surface area contributed by atoms with E-state index in [1.54, 1.807) is 0 Å². The van der Waals surface area contributed by atoms with Gasteiger partial charge in [-0.05, 0) is 31.1 Å². The molecule has 2 aliphatic carbocycles. The maximum Gasteiger partial charge on any atom is 0.222 e. The molecule has 0 saturated heterocycles. The summed E-state index contributed by atoms with van der Waals surface area (Å²) in [6, 6.07) is 0.239. The molecule has 0 radical (unpaired) electrons. The molecular weight excluding hydrogens is 190 g/mol. The molecule has 0 aromatic rings. The second-order valence-electron chi connectivity index (χ2n) is 5.37. The van der Waals surface area contributed by atoms with Gasteiger partial charge in [0.05, 0.1) is 0 Å². The molecule has 0 heterocycles. The maximum atomic E-state index is 11.6. The van der Waals surface area contributed by atoms with Gasteiger partial charge in [0, 0.05) is 24.5 Å². The molecule has 4 atom stereocenters. The summed E-state index contributed by atoms with van der Waals surface area (Å²) in [6.07, 6.45) is 3.67. The number of fused-ring (bicyclic) bond motifs is 2. The van der Waals surface area contributed by atoms with Gasteiger partial charge in [-0.15, -0.1) is 0 Å². The Morgan fingerprint density at radius 3 is 2.67 bits per heavy atom. The van der Waals surface area contributed by atoms with Crippen molar-refractivity contribution >= 4 is 5.91 Å². The Labute approximate surface area is 91.2 Å². The van der Waals surface area contributed by atoms with E-state index in [1.807, 2.05) is 13.8 Å². The molecule has 86 valence electrons. The highest BCUT2D eigenvalue weighted by Gasteiger charge is 2.47. The maximum absolute atomic E-state index is 11.6.